The van der Waals surface area contributed by atoms with E-state index in [1.807, 2.05) is 36.4 Å². The number of fused-ring (bicyclic) bond motifs is 3. The molecule has 3 atom stereocenters. The van der Waals surface area contributed by atoms with E-state index >= 15 is 0 Å². The highest BCUT2D eigenvalue weighted by Gasteiger charge is 2.31. The zero-order chi connectivity index (χ0) is 24.1. The summed E-state index contributed by atoms with van der Waals surface area (Å²) in [7, 11) is 0. The van der Waals surface area contributed by atoms with E-state index in [1.165, 1.54) is 0 Å². The van der Waals surface area contributed by atoms with Gasteiger partial charge in [0, 0.05) is 12.0 Å². The summed E-state index contributed by atoms with van der Waals surface area (Å²) in [5, 5.41) is 14.6. The van der Waals surface area contributed by atoms with Crippen LogP contribution in [0.3, 0.4) is 0 Å². The number of aliphatic carboxylic acids is 1. The maximum Gasteiger partial charge on any atom is 0.407 e. The summed E-state index contributed by atoms with van der Waals surface area (Å²) >= 11 is 0. The molecule has 176 valence electrons. The van der Waals surface area contributed by atoms with Gasteiger partial charge >= 0.3 is 12.1 Å². The molecule has 7 heteroatoms. The summed E-state index contributed by atoms with van der Waals surface area (Å²) in [5.74, 6) is -1.99. The monoisotopic (exact) mass is 460 g/mol. The molecule has 2 aliphatic carbocycles. The maximum absolute atomic E-state index is 12.8. The van der Waals surface area contributed by atoms with Gasteiger partial charge in [-0.3, -0.25) is 9.59 Å². The molecule has 0 fully saturated rings. The van der Waals surface area contributed by atoms with Crippen LogP contribution in [0.15, 0.2) is 73.3 Å². The first-order valence-electron chi connectivity index (χ1n) is 11.4. The molecule has 34 heavy (non-hydrogen) atoms. The van der Waals surface area contributed by atoms with E-state index in [4.69, 9.17) is 9.84 Å². The average molecular weight is 461 g/mol. The molecule has 2 amide bonds. The molecule has 0 saturated carbocycles. The van der Waals surface area contributed by atoms with Gasteiger partial charge in [0.25, 0.3) is 0 Å². The normalized spacial score (nSPS) is 19.1. The number of carboxylic acid groups (broad SMARTS) is 1. The van der Waals surface area contributed by atoms with Crippen molar-refractivity contribution in [1.82, 2.24) is 10.6 Å². The number of hydrogen-bond donors (Lipinski definition) is 3. The van der Waals surface area contributed by atoms with Gasteiger partial charge < -0.3 is 20.5 Å². The molecule has 0 spiro atoms. The Labute approximate surface area is 198 Å². The van der Waals surface area contributed by atoms with Crippen LogP contribution in [0.4, 0.5) is 4.79 Å². The summed E-state index contributed by atoms with van der Waals surface area (Å²) < 4.78 is 5.57. The number of ether oxygens (including phenoxy) is 1. The van der Waals surface area contributed by atoms with Gasteiger partial charge in [-0.2, -0.15) is 0 Å². The van der Waals surface area contributed by atoms with Crippen molar-refractivity contribution in [3.05, 3.63) is 84.5 Å². The zero-order valence-electron chi connectivity index (χ0n) is 18.8. The summed E-state index contributed by atoms with van der Waals surface area (Å²) in [5.41, 5.74) is 4.50. The SMILES string of the molecule is C=CCCC(NC(=O)OCC1c2ccccc2-c2ccccc21)C(=O)NC1C=CC(C(=O)O)C1. The number of alkyl carbamates (subject to hydrolysis) is 1. The van der Waals surface area contributed by atoms with Crippen molar-refractivity contribution in [3.63, 3.8) is 0 Å². The minimum Gasteiger partial charge on any atom is -0.481 e. The van der Waals surface area contributed by atoms with Crippen LogP contribution in [0.5, 0.6) is 0 Å². The Morgan fingerprint density at radius 2 is 1.71 bits per heavy atom. The first kappa shape index (κ1) is 23.3. The Morgan fingerprint density at radius 3 is 2.29 bits per heavy atom. The summed E-state index contributed by atoms with van der Waals surface area (Å²) in [6, 6.07) is 14.9. The predicted molar refractivity (Wildman–Crippen MR) is 128 cm³/mol. The van der Waals surface area contributed by atoms with Gasteiger partial charge in [0.1, 0.15) is 12.6 Å². The van der Waals surface area contributed by atoms with Crippen LogP contribution < -0.4 is 10.6 Å². The molecule has 0 saturated heterocycles. The standard InChI is InChI=1S/C27H28N2O5/c1-2-3-12-24(25(30)28-18-14-13-17(15-18)26(31)32)29-27(33)34-16-23-21-10-6-4-8-19(21)20-9-5-7-11-22(20)23/h2,4-11,13-14,17-18,23-24H,1,3,12,15-16H2,(H,28,30)(H,29,33)(H,31,32). The number of rotatable bonds is 9. The molecule has 0 aliphatic heterocycles. The van der Waals surface area contributed by atoms with Gasteiger partial charge in [-0.1, -0.05) is 66.8 Å². The van der Waals surface area contributed by atoms with E-state index in [9.17, 15) is 14.4 Å². The molecule has 2 aromatic rings. The quantitative estimate of drug-likeness (QED) is 0.491. The topological polar surface area (TPSA) is 105 Å². The molecule has 0 aromatic heterocycles. The van der Waals surface area contributed by atoms with Crippen LogP contribution in [-0.4, -0.2) is 41.8 Å². The van der Waals surface area contributed by atoms with Gasteiger partial charge in [0.05, 0.1) is 5.92 Å². The largest absolute Gasteiger partial charge is 0.481 e. The second kappa shape index (κ2) is 10.4. The Kier molecular flexibility index (Phi) is 7.11. The van der Waals surface area contributed by atoms with Crippen LogP contribution in [0.25, 0.3) is 11.1 Å². The number of benzene rings is 2. The van der Waals surface area contributed by atoms with Crippen LogP contribution >= 0.6 is 0 Å². The fourth-order valence-electron chi connectivity index (χ4n) is 4.61. The molecule has 0 radical (unpaired) electrons. The Hall–Kier alpha value is -3.87. The van der Waals surface area contributed by atoms with E-state index in [0.717, 1.165) is 22.3 Å². The number of allylic oxidation sites excluding steroid dienone is 1. The van der Waals surface area contributed by atoms with Crippen molar-refractivity contribution in [2.24, 2.45) is 5.92 Å². The van der Waals surface area contributed by atoms with Crippen molar-refractivity contribution in [2.45, 2.75) is 37.3 Å². The molecule has 4 rings (SSSR count). The molecule has 7 nitrogen and oxygen atoms in total. The first-order chi connectivity index (χ1) is 16.5. The molecule has 2 aliphatic rings. The van der Waals surface area contributed by atoms with E-state index in [2.05, 4.69) is 29.3 Å². The molecular weight excluding hydrogens is 432 g/mol. The number of carboxylic acids is 1. The minimum absolute atomic E-state index is 0.0739. The van der Waals surface area contributed by atoms with E-state index in [1.54, 1.807) is 18.2 Å². The summed E-state index contributed by atoms with van der Waals surface area (Å²) in [4.78, 5) is 36.6. The third-order valence-electron chi connectivity index (χ3n) is 6.34. The van der Waals surface area contributed by atoms with Crippen molar-refractivity contribution in [3.8, 4) is 11.1 Å². The highest BCUT2D eigenvalue weighted by atomic mass is 16.5. The second-order valence-corrected chi connectivity index (χ2v) is 8.57. The lowest BCUT2D eigenvalue weighted by atomic mass is 9.98. The lowest BCUT2D eigenvalue weighted by molar-refractivity contribution is -0.140. The third kappa shape index (κ3) is 5.03. The Balaban J connectivity index is 1.37. The fraction of sp³-hybridized carbons (Fsp3) is 0.296. The van der Waals surface area contributed by atoms with Gasteiger partial charge in [-0.25, -0.2) is 4.79 Å². The average Bonchev–Trinajstić information content (AvgIpc) is 3.43. The highest BCUT2D eigenvalue weighted by molar-refractivity contribution is 5.86. The predicted octanol–water partition coefficient (Wildman–Crippen LogP) is 4.01. The highest BCUT2D eigenvalue weighted by Crippen LogP contribution is 2.44. The van der Waals surface area contributed by atoms with Crippen LogP contribution in [0.1, 0.15) is 36.3 Å². The number of nitrogens with one attached hydrogen (secondary N) is 2. The van der Waals surface area contributed by atoms with Gasteiger partial charge in [0.15, 0.2) is 0 Å². The minimum atomic E-state index is -0.923. The van der Waals surface area contributed by atoms with Crippen molar-refractivity contribution >= 4 is 18.0 Å². The molecule has 0 bridgehead atoms. The second-order valence-electron chi connectivity index (χ2n) is 8.57. The third-order valence-corrected chi connectivity index (χ3v) is 6.34. The van der Waals surface area contributed by atoms with Crippen molar-refractivity contribution < 1.29 is 24.2 Å². The Bertz CT molecular complexity index is 1080. The number of hydrogen-bond acceptors (Lipinski definition) is 4. The first-order valence-corrected chi connectivity index (χ1v) is 11.4. The maximum atomic E-state index is 12.8. The van der Waals surface area contributed by atoms with Gasteiger partial charge in [-0.15, -0.1) is 6.58 Å². The molecular formula is C27H28N2O5. The zero-order valence-corrected chi connectivity index (χ0v) is 18.8. The number of carbonyl (C=O) groups excluding carboxylic acids is 2. The van der Waals surface area contributed by atoms with Gasteiger partial charge in [-0.05, 0) is 41.5 Å². The van der Waals surface area contributed by atoms with E-state index in [-0.39, 0.29) is 24.5 Å². The lowest BCUT2D eigenvalue weighted by Crippen LogP contribution is -2.49. The lowest BCUT2D eigenvalue weighted by Gasteiger charge is -2.21. The van der Waals surface area contributed by atoms with E-state index in [0.29, 0.717) is 19.3 Å². The van der Waals surface area contributed by atoms with Crippen LogP contribution in [0.2, 0.25) is 0 Å². The van der Waals surface area contributed by atoms with Gasteiger partial charge in [0.2, 0.25) is 5.91 Å². The molecule has 3 unspecified atom stereocenters. The summed E-state index contributed by atoms with van der Waals surface area (Å²) in [6.45, 7) is 3.84. The molecule has 0 heterocycles. The smallest absolute Gasteiger partial charge is 0.407 e. The fourth-order valence-corrected chi connectivity index (χ4v) is 4.61. The molecule has 2 aromatic carbocycles. The Morgan fingerprint density at radius 1 is 1.06 bits per heavy atom. The summed E-state index contributed by atoms with van der Waals surface area (Å²) in [6.07, 6.45) is 5.43. The van der Waals surface area contributed by atoms with Crippen LogP contribution in [0, 0.1) is 5.92 Å². The van der Waals surface area contributed by atoms with Crippen molar-refractivity contribution in [2.75, 3.05) is 6.61 Å². The van der Waals surface area contributed by atoms with Crippen LogP contribution in [-0.2, 0) is 14.3 Å². The van der Waals surface area contributed by atoms with Crippen molar-refractivity contribution in [1.29, 1.82) is 0 Å². The number of amides is 2. The number of carbonyl (C=O) groups is 3. The molecule has 3 N–H and O–H groups in total. The van der Waals surface area contributed by atoms with E-state index < -0.39 is 24.0 Å².